The molecule has 0 bridgehead atoms. The average molecular weight is 342 g/mol. The van der Waals surface area contributed by atoms with Crippen molar-refractivity contribution in [2.75, 3.05) is 0 Å². The third kappa shape index (κ3) is 2.51. The van der Waals surface area contributed by atoms with Gasteiger partial charge in [-0.25, -0.2) is 0 Å². The first-order valence-electron chi connectivity index (χ1n) is 11.3. The van der Waals surface area contributed by atoms with E-state index in [4.69, 9.17) is 5.41 Å². The minimum Gasteiger partial charge on any atom is -0.305 e. The molecule has 4 aliphatic carbocycles. The van der Waals surface area contributed by atoms with E-state index >= 15 is 0 Å². The predicted octanol–water partition coefficient (Wildman–Crippen LogP) is 6.88. The summed E-state index contributed by atoms with van der Waals surface area (Å²) in [5, 5.41) is 8.15. The molecule has 8 atom stereocenters. The topological polar surface area (TPSA) is 23.9 Å². The molecule has 4 rings (SSSR count). The molecular weight excluding hydrogens is 302 g/mol. The Balaban J connectivity index is 1.72. The van der Waals surface area contributed by atoms with Crippen LogP contribution in [-0.4, -0.2) is 5.71 Å². The maximum atomic E-state index is 8.15. The van der Waals surface area contributed by atoms with Gasteiger partial charge in [0.2, 0.25) is 0 Å². The van der Waals surface area contributed by atoms with Crippen LogP contribution in [0.2, 0.25) is 0 Å². The molecule has 1 N–H and O–H groups in total. The second kappa shape index (κ2) is 6.54. The minimum absolute atomic E-state index is 0.658. The van der Waals surface area contributed by atoms with E-state index in [1.54, 1.807) is 5.57 Å². The molecule has 8 unspecified atom stereocenters. The van der Waals surface area contributed by atoms with Crippen LogP contribution in [0.15, 0.2) is 11.6 Å². The van der Waals surface area contributed by atoms with Crippen molar-refractivity contribution in [3.63, 3.8) is 0 Å². The summed E-state index contributed by atoms with van der Waals surface area (Å²) in [5.41, 5.74) is 3.23. The second-order valence-corrected chi connectivity index (χ2v) is 9.96. The van der Waals surface area contributed by atoms with Gasteiger partial charge in [0, 0.05) is 5.71 Å². The lowest BCUT2D eigenvalue weighted by Crippen LogP contribution is -2.50. The van der Waals surface area contributed by atoms with Gasteiger partial charge >= 0.3 is 0 Å². The molecule has 0 spiro atoms. The first-order valence-corrected chi connectivity index (χ1v) is 11.3. The van der Waals surface area contributed by atoms with E-state index in [2.05, 4.69) is 33.8 Å². The Kier molecular flexibility index (Phi) is 4.66. The lowest BCUT2D eigenvalue weighted by molar-refractivity contribution is -0.0628. The molecule has 0 saturated heterocycles. The van der Waals surface area contributed by atoms with Crippen LogP contribution in [-0.2, 0) is 0 Å². The maximum absolute atomic E-state index is 8.15. The highest BCUT2D eigenvalue weighted by molar-refractivity contribution is 5.93. The number of fused-ring (bicyclic) bond motifs is 5. The summed E-state index contributed by atoms with van der Waals surface area (Å²) >= 11 is 0. The Morgan fingerprint density at radius 3 is 2.64 bits per heavy atom. The van der Waals surface area contributed by atoms with Crippen molar-refractivity contribution in [1.29, 1.82) is 5.41 Å². The van der Waals surface area contributed by atoms with Crippen molar-refractivity contribution in [2.24, 2.45) is 46.8 Å². The van der Waals surface area contributed by atoms with Crippen LogP contribution in [0.3, 0.4) is 0 Å². The van der Waals surface area contributed by atoms with Crippen LogP contribution in [0.25, 0.3) is 0 Å². The molecule has 0 aromatic rings. The molecule has 0 radical (unpaired) electrons. The van der Waals surface area contributed by atoms with E-state index in [1.165, 1.54) is 51.4 Å². The van der Waals surface area contributed by atoms with Gasteiger partial charge in [-0.3, -0.25) is 0 Å². The first kappa shape index (κ1) is 17.8. The molecule has 1 heteroatoms. The van der Waals surface area contributed by atoms with Crippen LogP contribution >= 0.6 is 0 Å². The Labute approximate surface area is 155 Å². The molecule has 1 nitrogen and oxygen atoms in total. The van der Waals surface area contributed by atoms with Crippen LogP contribution in [0.5, 0.6) is 0 Å². The summed E-state index contributed by atoms with van der Waals surface area (Å²) in [4.78, 5) is 0. The lowest BCUT2D eigenvalue weighted by atomic mass is 9.47. The van der Waals surface area contributed by atoms with Crippen LogP contribution in [0.1, 0.15) is 85.5 Å². The van der Waals surface area contributed by atoms with Crippen molar-refractivity contribution >= 4 is 5.71 Å². The molecule has 4 aliphatic rings. The van der Waals surface area contributed by atoms with E-state index in [1.807, 2.05) is 0 Å². The van der Waals surface area contributed by atoms with E-state index in [0.717, 1.165) is 53.6 Å². The number of allylic oxidation sites excluding steroid dienone is 2. The summed E-state index contributed by atoms with van der Waals surface area (Å²) < 4.78 is 0. The summed E-state index contributed by atoms with van der Waals surface area (Å²) in [6.07, 6.45) is 14.6. The van der Waals surface area contributed by atoms with E-state index in [-0.39, 0.29) is 0 Å². The molecule has 0 aliphatic heterocycles. The van der Waals surface area contributed by atoms with Crippen molar-refractivity contribution in [3.05, 3.63) is 11.6 Å². The van der Waals surface area contributed by atoms with Gasteiger partial charge in [-0.05, 0) is 97.9 Å². The van der Waals surface area contributed by atoms with Gasteiger partial charge in [-0.1, -0.05) is 46.1 Å². The van der Waals surface area contributed by atoms with E-state index in [0.29, 0.717) is 5.41 Å². The number of hydrogen-bond acceptors (Lipinski definition) is 1. The number of rotatable bonds is 3. The Morgan fingerprint density at radius 2 is 1.96 bits per heavy atom. The normalized spacial score (nSPS) is 49.2. The van der Waals surface area contributed by atoms with Gasteiger partial charge in [0.05, 0.1) is 0 Å². The van der Waals surface area contributed by atoms with Gasteiger partial charge in [-0.2, -0.15) is 0 Å². The van der Waals surface area contributed by atoms with Crippen molar-refractivity contribution in [2.45, 2.75) is 85.5 Å². The largest absolute Gasteiger partial charge is 0.305 e. The zero-order valence-corrected chi connectivity index (χ0v) is 17.0. The van der Waals surface area contributed by atoms with Crippen LogP contribution in [0.4, 0.5) is 0 Å². The quantitative estimate of drug-likeness (QED) is 0.578. The zero-order chi connectivity index (χ0) is 17.8. The first-order chi connectivity index (χ1) is 12.1. The van der Waals surface area contributed by atoms with E-state index in [9.17, 15) is 0 Å². The maximum Gasteiger partial charge on any atom is 0.0313 e. The van der Waals surface area contributed by atoms with Crippen molar-refractivity contribution in [1.82, 2.24) is 0 Å². The standard InChI is InChI=1S/C24H39N/c1-5-16-13-17-14-18(25)8-9-19(17)20-10-11-24(7-3)21(6-2)15(4)12-22(24)23(16)20/h14-16,19-23,25H,5-13H2,1-4H3. The highest BCUT2D eigenvalue weighted by Gasteiger charge is 2.60. The zero-order valence-electron chi connectivity index (χ0n) is 17.0. The fourth-order valence-electron chi connectivity index (χ4n) is 8.59. The van der Waals surface area contributed by atoms with Crippen molar-refractivity contribution < 1.29 is 0 Å². The molecule has 25 heavy (non-hydrogen) atoms. The highest BCUT2D eigenvalue weighted by atomic mass is 14.6. The summed E-state index contributed by atoms with van der Waals surface area (Å²) in [7, 11) is 0. The SMILES string of the molecule is CCC1CC2=CC(=N)CCC2C2CCC3(CC)C(CC)C(C)CC3C12. The molecule has 3 fully saturated rings. The molecule has 0 aromatic heterocycles. The molecule has 3 saturated carbocycles. The van der Waals surface area contributed by atoms with Gasteiger partial charge in [0.1, 0.15) is 0 Å². The third-order valence-corrected chi connectivity index (χ3v) is 9.43. The molecule has 140 valence electrons. The van der Waals surface area contributed by atoms with Gasteiger partial charge in [0.15, 0.2) is 0 Å². The third-order valence-electron chi connectivity index (χ3n) is 9.43. The second-order valence-electron chi connectivity index (χ2n) is 9.96. The molecule has 0 amide bonds. The van der Waals surface area contributed by atoms with Gasteiger partial charge in [-0.15, -0.1) is 0 Å². The van der Waals surface area contributed by atoms with Gasteiger partial charge in [0.25, 0.3) is 0 Å². The average Bonchev–Trinajstić information content (AvgIpc) is 2.91. The van der Waals surface area contributed by atoms with Crippen molar-refractivity contribution in [3.8, 4) is 0 Å². The smallest absolute Gasteiger partial charge is 0.0313 e. The molecule has 0 heterocycles. The fourth-order valence-corrected chi connectivity index (χ4v) is 8.59. The summed E-state index contributed by atoms with van der Waals surface area (Å²) in [6.45, 7) is 9.97. The Morgan fingerprint density at radius 1 is 1.16 bits per heavy atom. The van der Waals surface area contributed by atoms with Crippen LogP contribution < -0.4 is 0 Å². The molecular formula is C24H39N. The summed E-state index contributed by atoms with van der Waals surface area (Å²) in [5.74, 6) is 6.52. The van der Waals surface area contributed by atoms with E-state index < -0.39 is 0 Å². The fraction of sp³-hybridized carbons (Fsp3) is 0.875. The highest BCUT2D eigenvalue weighted by Crippen LogP contribution is 2.68. The Bertz CT molecular complexity index is 560. The monoisotopic (exact) mass is 341 g/mol. The number of nitrogens with one attached hydrogen (secondary N) is 1. The van der Waals surface area contributed by atoms with Crippen LogP contribution in [0, 0.1) is 52.2 Å². The number of hydrogen-bond donors (Lipinski definition) is 1. The molecule has 0 aromatic carbocycles. The Hall–Kier alpha value is -0.590. The van der Waals surface area contributed by atoms with Gasteiger partial charge < -0.3 is 5.41 Å². The minimum atomic E-state index is 0.658. The summed E-state index contributed by atoms with van der Waals surface area (Å²) in [6, 6.07) is 0. The lowest BCUT2D eigenvalue weighted by Gasteiger charge is -2.58. The predicted molar refractivity (Wildman–Crippen MR) is 107 cm³/mol.